The van der Waals surface area contributed by atoms with Gasteiger partial charge >= 0.3 is 11.7 Å². The molecule has 38 heavy (non-hydrogen) atoms. The maximum Gasteiger partial charge on any atom is 0.329 e. The summed E-state index contributed by atoms with van der Waals surface area (Å²) >= 11 is 0. The van der Waals surface area contributed by atoms with Crippen molar-refractivity contribution in [3.63, 3.8) is 0 Å². The first kappa shape index (κ1) is 26.8. The highest BCUT2D eigenvalue weighted by molar-refractivity contribution is 5.92. The summed E-state index contributed by atoms with van der Waals surface area (Å²) in [6, 6.07) is 12.3. The van der Waals surface area contributed by atoms with Crippen LogP contribution in [0.1, 0.15) is 44.7 Å². The van der Waals surface area contributed by atoms with Crippen LogP contribution >= 0.6 is 0 Å². The van der Waals surface area contributed by atoms with Gasteiger partial charge in [-0.05, 0) is 36.5 Å². The second kappa shape index (κ2) is 11.5. The van der Waals surface area contributed by atoms with Crippen LogP contribution in [0.15, 0.2) is 64.2 Å². The highest BCUT2D eigenvalue weighted by Crippen LogP contribution is 2.22. The number of carbonyl (C=O) groups is 3. The lowest BCUT2D eigenvalue weighted by Gasteiger charge is -2.31. The Labute approximate surface area is 219 Å². The molecule has 0 aliphatic carbocycles. The summed E-state index contributed by atoms with van der Waals surface area (Å²) in [6.07, 6.45) is 1.49. The number of benzene rings is 2. The van der Waals surface area contributed by atoms with Crippen LogP contribution in [0.3, 0.4) is 0 Å². The van der Waals surface area contributed by atoms with E-state index in [2.05, 4.69) is 10.3 Å². The molecule has 10 nitrogen and oxygen atoms in total. The van der Waals surface area contributed by atoms with E-state index in [4.69, 9.17) is 0 Å². The lowest BCUT2D eigenvalue weighted by atomic mass is 9.96. The number of para-hydroxylation sites is 1. The van der Waals surface area contributed by atoms with Crippen LogP contribution in [0.25, 0.3) is 10.9 Å². The molecule has 1 aliphatic heterocycles. The van der Waals surface area contributed by atoms with Crippen LogP contribution in [0.2, 0.25) is 0 Å². The summed E-state index contributed by atoms with van der Waals surface area (Å²) in [4.78, 5) is 69.6. The molecule has 1 fully saturated rings. The molecule has 10 heteroatoms. The Balaban J connectivity index is 1.74. The van der Waals surface area contributed by atoms with E-state index >= 15 is 0 Å². The van der Waals surface area contributed by atoms with Gasteiger partial charge in [0.2, 0.25) is 11.8 Å². The zero-order chi connectivity index (χ0) is 27.4. The number of aliphatic carboxylic acids is 1. The standard InChI is InChI=1S/C28H32N4O6/c1-3-17(2)23(26(35)31-15-9-14-21(31)27(36)37)30-24(33)22(16-18-10-5-4-6-11-18)32-25(34)19-12-7-8-13-20(19)29-28(32)38/h4-8,10-13,17,21-23H,3,9,14-16H2,1-2H3,(H,29,38)(H,30,33)(H,36,37)/t17-,21-,22+,23+/m1/s1. The minimum absolute atomic E-state index is 0.0386. The smallest absolute Gasteiger partial charge is 0.329 e. The highest BCUT2D eigenvalue weighted by atomic mass is 16.4. The number of H-pyrrole nitrogens is 1. The number of rotatable bonds is 9. The molecular formula is C28H32N4O6. The van der Waals surface area contributed by atoms with Crippen molar-refractivity contribution in [2.45, 2.75) is 57.7 Å². The largest absolute Gasteiger partial charge is 0.480 e. The van der Waals surface area contributed by atoms with Crippen molar-refractivity contribution in [2.24, 2.45) is 5.92 Å². The van der Waals surface area contributed by atoms with Gasteiger partial charge in [0.25, 0.3) is 5.56 Å². The molecule has 4 atom stereocenters. The number of likely N-dealkylation sites (tertiary alicyclic amines) is 1. The van der Waals surface area contributed by atoms with E-state index in [1.807, 2.05) is 13.0 Å². The summed E-state index contributed by atoms with van der Waals surface area (Å²) in [6.45, 7) is 3.96. The normalized spacial score (nSPS) is 17.6. The molecule has 0 radical (unpaired) electrons. The molecule has 2 amide bonds. The van der Waals surface area contributed by atoms with Crippen molar-refractivity contribution in [2.75, 3.05) is 6.54 Å². The van der Waals surface area contributed by atoms with Crippen molar-refractivity contribution < 1.29 is 19.5 Å². The average molecular weight is 521 g/mol. The van der Waals surface area contributed by atoms with E-state index in [-0.39, 0.29) is 24.3 Å². The number of nitrogens with zero attached hydrogens (tertiary/aromatic N) is 2. The molecule has 200 valence electrons. The number of aromatic nitrogens is 2. The van der Waals surface area contributed by atoms with Gasteiger partial charge < -0.3 is 20.3 Å². The molecule has 0 bridgehead atoms. The zero-order valence-corrected chi connectivity index (χ0v) is 21.4. The summed E-state index contributed by atoms with van der Waals surface area (Å²) in [5.74, 6) is -2.54. The highest BCUT2D eigenvalue weighted by Gasteiger charge is 2.40. The van der Waals surface area contributed by atoms with Crippen LogP contribution < -0.4 is 16.6 Å². The summed E-state index contributed by atoms with van der Waals surface area (Å²) in [5, 5.41) is 12.6. The lowest BCUT2D eigenvalue weighted by molar-refractivity contribution is -0.150. The first-order valence-electron chi connectivity index (χ1n) is 12.8. The minimum atomic E-state index is -1.24. The van der Waals surface area contributed by atoms with E-state index < -0.39 is 47.2 Å². The van der Waals surface area contributed by atoms with Gasteiger partial charge in [-0.1, -0.05) is 62.7 Å². The quantitative estimate of drug-likeness (QED) is 0.394. The predicted octanol–water partition coefficient (Wildman–Crippen LogP) is 2.08. The Bertz CT molecular complexity index is 1450. The lowest BCUT2D eigenvalue weighted by Crippen LogP contribution is -2.56. The van der Waals surface area contributed by atoms with Crippen LogP contribution in [-0.2, 0) is 20.8 Å². The molecule has 3 aromatic rings. The Morgan fingerprint density at radius 2 is 1.76 bits per heavy atom. The fourth-order valence-electron chi connectivity index (χ4n) is 5.00. The van der Waals surface area contributed by atoms with Crippen molar-refractivity contribution in [1.82, 2.24) is 19.8 Å². The number of nitrogens with one attached hydrogen (secondary N) is 2. The molecule has 2 heterocycles. The molecule has 0 saturated carbocycles. The SMILES string of the molecule is CC[C@@H](C)[C@H](NC(=O)[C@H](Cc1ccccc1)n1c(=O)[nH]c2ccccc2c1=O)C(=O)N1CCC[C@@H]1C(=O)O. The van der Waals surface area contributed by atoms with Gasteiger partial charge in [0, 0.05) is 13.0 Å². The maximum absolute atomic E-state index is 13.8. The molecular weight excluding hydrogens is 488 g/mol. The fourth-order valence-corrected chi connectivity index (χ4v) is 5.00. The number of fused-ring (bicyclic) bond motifs is 1. The monoisotopic (exact) mass is 520 g/mol. The molecule has 0 spiro atoms. The van der Waals surface area contributed by atoms with Crippen LogP contribution in [0.5, 0.6) is 0 Å². The first-order valence-corrected chi connectivity index (χ1v) is 12.8. The van der Waals surface area contributed by atoms with Crippen LogP contribution in [0.4, 0.5) is 0 Å². The van der Waals surface area contributed by atoms with E-state index in [0.29, 0.717) is 24.8 Å². The Hall–Kier alpha value is -4.21. The third kappa shape index (κ3) is 5.39. The Morgan fingerprint density at radius 1 is 1.08 bits per heavy atom. The number of hydrogen-bond acceptors (Lipinski definition) is 5. The molecule has 3 N–H and O–H groups in total. The third-order valence-electron chi connectivity index (χ3n) is 7.32. The van der Waals surface area contributed by atoms with Crippen LogP contribution in [-0.4, -0.2) is 56.0 Å². The van der Waals surface area contributed by atoms with Crippen molar-refractivity contribution in [3.8, 4) is 0 Å². The number of hydrogen-bond donors (Lipinski definition) is 3. The molecule has 1 saturated heterocycles. The number of amides is 2. The van der Waals surface area contributed by atoms with E-state index in [9.17, 15) is 29.1 Å². The summed E-state index contributed by atoms with van der Waals surface area (Å²) in [5.41, 5.74) is -0.262. The topological polar surface area (TPSA) is 142 Å². The molecule has 1 aliphatic rings. The van der Waals surface area contributed by atoms with Gasteiger partial charge in [-0.25, -0.2) is 14.2 Å². The molecule has 1 aromatic heterocycles. The number of aromatic amines is 1. The zero-order valence-electron chi connectivity index (χ0n) is 21.4. The summed E-state index contributed by atoms with van der Waals surface area (Å²) < 4.78 is 0.902. The minimum Gasteiger partial charge on any atom is -0.480 e. The average Bonchev–Trinajstić information content (AvgIpc) is 3.41. The second-order valence-corrected chi connectivity index (χ2v) is 9.76. The van der Waals surface area contributed by atoms with Gasteiger partial charge in [0.15, 0.2) is 0 Å². The Morgan fingerprint density at radius 3 is 2.45 bits per heavy atom. The van der Waals surface area contributed by atoms with Gasteiger partial charge in [-0.2, -0.15) is 0 Å². The second-order valence-electron chi connectivity index (χ2n) is 9.76. The third-order valence-corrected chi connectivity index (χ3v) is 7.32. The molecule has 0 unspecified atom stereocenters. The van der Waals surface area contributed by atoms with Crippen LogP contribution in [0, 0.1) is 5.92 Å². The summed E-state index contributed by atoms with van der Waals surface area (Å²) in [7, 11) is 0. The van der Waals surface area contributed by atoms with Gasteiger partial charge in [-0.3, -0.25) is 14.4 Å². The number of carbonyl (C=O) groups excluding carboxylic acids is 2. The number of carboxylic acids is 1. The Kier molecular flexibility index (Phi) is 8.09. The molecule has 4 rings (SSSR count). The van der Waals surface area contributed by atoms with Gasteiger partial charge in [0.1, 0.15) is 18.1 Å². The predicted molar refractivity (Wildman–Crippen MR) is 142 cm³/mol. The van der Waals surface area contributed by atoms with E-state index in [1.165, 1.54) is 4.90 Å². The number of carboxylic acid groups (broad SMARTS) is 1. The van der Waals surface area contributed by atoms with Crippen molar-refractivity contribution >= 4 is 28.7 Å². The fraction of sp³-hybridized carbons (Fsp3) is 0.393. The van der Waals surface area contributed by atoms with E-state index in [1.54, 1.807) is 55.5 Å². The van der Waals surface area contributed by atoms with Crippen molar-refractivity contribution in [1.29, 1.82) is 0 Å². The van der Waals surface area contributed by atoms with Gasteiger partial charge in [0.05, 0.1) is 10.9 Å². The maximum atomic E-state index is 13.8. The van der Waals surface area contributed by atoms with Crippen molar-refractivity contribution in [3.05, 3.63) is 81.0 Å². The first-order chi connectivity index (χ1) is 18.2. The van der Waals surface area contributed by atoms with E-state index in [0.717, 1.165) is 10.1 Å². The molecule has 2 aromatic carbocycles. The van der Waals surface area contributed by atoms with Gasteiger partial charge in [-0.15, -0.1) is 0 Å².